The van der Waals surface area contributed by atoms with E-state index in [1.165, 1.54) is 25.7 Å². The van der Waals surface area contributed by atoms with Gasteiger partial charge < -0.3 is 0 Å². The molecule has 3 rings (SSSR count). The fraction of sp³-hybridized carbons (Fsp3) is 0.571. The van der Waals surface area contributed by atoms with Crippen LogP contribution >= 0.6 is 0 Å². The minimum atomic E-state index is -1.02. The maximum absolute atomic E-state index is 2.63. The Kier molecular flexibility index (Phi) is 2.07. The molecule has 0 saturated heterocycles. The van der Waals surface area contributed by atoms with E-state index in [9.17, 15) is 0 Å². The van der Waals surface area contributed by atoms with Gasteiger partial charge >= 0.3 is 0 Å². The van der Waals surface area contributed by atoms with Crippen molar-refractivity contribution in [2.45, 2.75) is 51.2 Å². The van der Waals surface area contributed by atoms with Crippen LogP contribution in [-0.4, -0.2) is 8.07 Å². The van der Waals surface area contributed by atoms with Crippen LogP contribution in [0, 0.1) is 6.92 Å². The Balaban J connectivity index is 2.28. The fourth-order valence-electron chi connectivity index (χ4n) is 3.78. The van der Waals surface area contributed by atoms with E-state index in [0.717, 1.165) is 0 Å². The Hall–Kier alpha value is -0.563. The molecule has 0 aliphatic carbocycles. The molecule has 0 bridgehead atoms. The molecule has 0 fully saturated rings. The van der Waals surface area contributed by atoms with Gasteiger partial charge in [0.2, 0.25) is 0 Å². The lowest BCUT2D eigenvalue weighted by molar-refractivity contribution is 0.815. The predicted molar refractivity (Wildman–Crippen MR) is 68.7 cm³/mol. The van der Waals surface area contributed by atoms with Crippen molar-refractivity contribution in [2.24, 2.45) is 0 Å². The standard InChI is InChI=1S/C14H20Si/c1-11-7-8-12-5-3-9-15(2)10-4-6-13(11)14(12)15/h7-8H,3-6,9-10H2,1-2H3. The van der Waals surface area contributed by atoms with Crippen LogP contribution in [0.25, 0.3) is 0 Å². The largest absolute Gasteiger partial charge is 0.0844 e. The van der Waals surface area contributed by atoms with E-state index >= 15 is 0 Å². The normalized spacial score (nSPS) is 28.7. The topological polar surface area (TPSA) is 0 Å². The van der Waals surface area contributed by atoms with Crippen LogP contribution in [-0.2, 0) is 12.8 Å². The van der Waals surface area contributed by atoms with E-state index in [1.54, 1.807) is 28.8 Å². The van der Waals surface area contributed by atoms with Crippen molar-refractivity contribution in [3.8, 4) is 0 Å². The first kappa shape index (κ1) is 9.65. The Morgan fingerprint density at radius 2 is 1.80 bits per heavy atom. The van der Waals surface area contributed by atoms with Crippen molar-refractivity contribution < 1.29 is 0 Å². The van der Waals surface area contributed by atoms with Gasteiger partial charge in [-0.1, -0.05) is 48.8 Å². The quantitative estimate of drug-likeness (QED) is 0.584. The molecule has 1 aromatic carbocycles. The Bertz CT molecular complexity index is 404. The predicted octanol–water partition coefficient (Wildman–Crippen LogP) is 3.17. The molecule has 1 heteroatoms. The van der Waals surface area contributed by atoms with Crippen LogP contribution < -0.4 is 5.19 Å². The fourth-order valence-corrected chi connectivity index (χ4v) is 8.48. The molecule has 0 spiro atoms. The highest BCUT2D eigenvalue weighted by molar-refractivity contribution is 6.92. The molecule has 80 valence electrons. The van der Waals surface area contributed by atoms with Gasteiger partial charge in [0.1, 0.15) is 0 Å². The number of rotatable bonds is 0. The van der Waals surface area contributed by atoms with Crippen molar-refractivity contribution in [1.82, 2.24) is 0 Å². The maximum Gasteiger partial charge on any atom is 0.0844 e. The summed E-state index contributed by atoms with van der Waals surface area (Å²) in [4.78, 5) is 0. The molecule has 1 aromatic rings. The summed E-state index contributed by atoms with van der Waals surface area (Å²) in [5.74, 6) is 0. The zero-order chi connectivity index (χ0) is 10.5. The van der Waals surface area contributed by atoms with Crippen LogP contribution in [0.5, 0.6) is 0 Å². The van der Waals surface area contributed by atoms with Crippen molar-refractivity contribution >= 4 is 13.3 Å². The van der Waals surface area contributed by atoms with Crippen LogP contribution in [0.2, 0.25) is 18.6 Å². The second-order valence-electron chi connectivity index (χ2n) is 5.66. The summed E-state index contributed by atoms with van der Waals surface area (Å²) in [5.41, 5.74) is 5.04. The summed E-state index contributed by atoms with van der Waals surface area (Å²) in [7, 11) is -1.02. The van der Waals surface area contributed by atoms with Crippen LogP contribution in [0.3, 0.4) is 0 Å². The Labute approximate surface area is 93.7 Å². The first-order chi connectivity index (χ1) is 7.21. The lowest BCUT2D eigenvalue weighted by Crippen LogP contribution is -2.53. The highest BCUT2D eigenvalue weighted by atomic mass is 28.3. The average molecular weight is 216 g/mol. The zero-order valence-corrected chi connectivity index (χ0v) is 10.9. The minimum Gasteiger partial charge on any atom is -0.0652 e. The second-order valence-corrected chi connectivity index (χ2v) is 10.3. The minimum absolute atomic E-state index is 1.02. The molecule has 15 heavy (non-hydrogen) atoms. The highest BCUT2D eigenvalue weighted by Gasteiger charge is 2.38. The molecule has 2 aliphatic heterocycles. The van der Waals surface area contributed by atoms with Crippen LogP contribution in [0.15, 0.2) is 12.1 Å². The first-order valence-electron chi connectivity index (χ1n) is 6.32. The smallest absolute Gasteiger partial charge is 0.0652 e. The number of hydrogen-bond acceptors (Lipinski definition) is 0. The third-order valence-electron chi connectivity index (χ3n) is 4.57. The van der Waals surface area contributed by atoms with Gasteiger partial charge in [-0.15, -0.1) is 0 Å². The molecule has 2 aliphatic rings. The van der Waals surface area contributed by atoms with Gasteiger partial charge in [0.15, 0.2) is 0 Å². The molecule has 2 heterocycles. The van der Waals surface area contributed by atoms with Gasteiger partial charge in [-0.3, -0.25) is 0 Å². The molecule has 0 aromatic heterocycles. The van der Waals surface area contributed by atoms with Crippen molar-refractivity contribution in [1.29, 1.82) is 0 Å². The maximum atomic E-state index is 2.63. The molecule has 0 amide bonds. The molecule has 0 nitrogen and oxygen atoms in total. The van der Waals surface area contributed by atoms with Crippen LogP contribution in [0.1, 0.15) is 29.5 Å². The summed E-state index contributed by atoms with van der Waals surface area (Å²) < 4.78 is 0. The second kappa shape index (κ2) is 3.21. The zero-order valence-electron chi connectivity index (χ0n) is 9.90. The van der Waals surface area contributed by atoms with E-state index in [-0.39, 0.29) is 0 Å². The summed E-state index contributed by atoms with van der Waals surface area (Å²) in [6.07, 6.45) is 5.63. The molecule has 0 radical (unpaired) electrons. The molecular formula is C14H20Si. The van der Waals surface area contributed by atoms with Crippen molar-refractivity contribution in [3.63, 3.8) is 0 Å². The van der Waals surface area contributed by atoms with Gasteiger partial charge in [0, 0.05) is 0 Å². The first-order valence-corrected chi connectivity index (χ1v) is 9.24. The number of hydrogen-bond donors (Lipinski definition) is 0. The van der Waals surface area contributed by atoms with Crippen molar-refractivity contribution in [2.75, 3.05) is 0 Å². The molecule has 0 saturated carbocycles. The lowest BCUT2D eigenvalue weighted by Gasteiger charge is -2.40. The third kappa shape index (κ3) is 1.32. The third-order valence-corrected chi connectivity index (χ3v) is 9.31. The summed E-state index contributed by atoms with van der Waals surface area (Å²) in [6.45, 7) is 4.94. The van der Waals surface area contributed by atoms with Gasteiger partial charge in [0.25, 0.3) is 0 Å². The molecule has 0 N–H and O–H groups in total. The molecule has 1 atom stereocenters. The SMILES string of the molecule is Cc1ccc2c3c1CCC[Si]3(C)CCC2. The van der Waals surface area contributed by atoms with Gasteiger partial charge in [-0.2, -0.15) is 0 Å². The summed E-state index contributed by atoms with van der Waals surface area (Å²) in [6, 6.07) is 7.89. The Morgan fingerprint density at radius 3 is 2.60 bits per heavy atom. The van der Waals surface area contributed by atoms with Gasteiger partial charge in [0.05, 0.1) is 8.07 Å². The number of benzene rings is 1. The average Bonchev–Trinajstić information content (AvgIpc) is 2.23. The molecular weight excluding hydrogens is 196 g/mol. The lowest BCUT2D eigenvalue weighted by atomic mass is 9.98. The van der Waals surface area contributed by atoms with E-state index in [1.807, 2.05) is 5.19 Å². The van der Waals surface area contributed by atoms with Crippen molar-refractivity contribution in [3.05, 3.63) is 28.8 Å². The number of aryl methyl sites for hydroxylation is 2. The van der Waals surface area contributed by atoms with E-state index in [2.05, 4.69) is 25.6 Å². The van der Waals surface area contributed by atoms with Crippen LogP contribution in [0.4, 0.5) is 0 Å². The van der Waals surface area contributed by atoms with Gasteiger partial charge in [-0.25, -0.2) is 0 Å². The van der Waals surface area contributed by atoms with Gasteiger partial charge in [-0.05, 0) is 36.5 Å². The summed E-state index contributed by atoms with van der Waals surface area (Å²) in [5, 5.41) is 1.89. The highest BCUT2D eigenvalue weighted by Crippen LogP contribution is 2.34. The van der Waals surface area contributed by atoms with E-state index in [0.29, 0.717) is 0 Å². The summed E-state index contributed by atoms with van der Waals surface area (Å²) >= 11 is 0. The van der Waals surface area contributed by atoms with E-state index in [4.69, 9.17) is 0 Å². The monoisotopic (exact) mass is 216 g/mol. The van der Waals surface area contributed by atoms with E-state index < -0.39 is 8.07 Å². The molecule has 1 unspecified atom stereocenters. The Morgan fingerprint density at radius 1 is 1.07 bits per heavy atom.